The van der Waals surface area contributed by atoms with E-state index in [0.29, 0.717) is 17.0 Å². The van der Waals surface area contributed by atoms with E-state index >= 15 is 0 Å². The summed E-state index contributed by atoms with van der Waals surface area (Å²) in [5.74, 6) is 1.41. The monoisotopic (exact) mass is 268 g/mol. The maximum Gasteiger partial charge on any atom is 0.143 e. The van der Waals surface area contributed by atoms with E-state index in [1.54, 1.807) is 25.4 Å². The van der Waals surface area contributed by atoms with Gasteiger partial charge in [-0.1, -0.05) is 6.07 Å². The molecule has 0 unspecified atom stereocenters. The van der Waals surface area contributed by atoms with Gasteiger partial charge in [-0.3, -0.25) is 0 Å². The van der Waals surface area contributed by atoms with E-state index in [4.69, 9.17) is 4.74 Å². The number of aromatic nitrogens is 1. The summed E-state index contributed by atoms with van der Waals surface area (Å²) in [5, 5.41) is 15.5. The molecule has 5 nitrogen and oxygen atoms in total. The number of para-hydroxylation sites is 1. The van der Waals surface area contributed by atoms with Gasteiger partial charge in [0.05, 0.1) is 18.4 Å². The second kappa shape index (κ2) is 6.43. The van der Waals surface area contributed by atoms with Gasteiger partial charge in [0, 0.05) is 24.5 Å². The molecule has 0 fully saturated rings. The molecule has 0 amide bonds. The van der Waals surface area contributed by atoms with Gasteiger partial charge in [0.2, 0.25) is 0 Å². The molecular formula is C15H16N4O. The lowest BCUT2D eigenvalue weighted by Crippen LogP contribution is -2.01. The van der Waals surface area contributed by atoms with Gasteiger partial charge in [-0.25, -0.2) is 4.98 Å². The van der Waals surface area contributed by atoms with Gasteiger partial charge in [0.15, 0.2) is 0 Å². The third-order valence-electron chi connectivity index (χ3n) is 2.75. The van der Waals surface area contributed by atoms with Crippen LogP contribution in [0.4, 0.5) is 17.2 Å². The SMILES string of the molecule is CCNc1cc(Nc2c(C#N)cccc2OC)ccn1. The number of nitrogens with one attached hydrogen (secondary N) is 2. The Morgan fingerprint density at radius 3 is 2.90 bits per heavy atom. The van der Waals surface area contributed by atoms with Crippen molar-refractivity contribution in [3.05, 3.63) is 42.1 Å². The predicted molar refractivity (Wildman–Crippen MR) is 79.4 cm³/mol. The average Bonchev–Trinajstić information content (AvgIpc) is 2.48. The third-order valence-corrected chi connectivity index (χ3v) is 2.75. The molecule has 5 heteroatoms. The molecular weight excluding hydrogens is 252 g/mol. The Hall–Kier alpha value is -2.74. The second-order valence-electron chi connectivity index (χ2n) is 4.08. The van der Waals surface area contributed by atoms with Crippen molar-refractivity contribution < 1.29 is 4.74 Å². The van der Waals surface area contributed by atoms with Gasteiger partial charge >= 0.3 is 0 Å². The van der Waals surface area contributed by atoms with E-state index in [9.17, 15) is 5.26 Å². The lowest BCUT2D eigenvalue weighted by Gasteiger charge is -2.13. The third kappa shape index (κ3) is 2.98. The van der Waals surface area contributed by atoms with Crippen molar-refractivity contribution in [2.24, 2.45) is 0 Å². The smallest absolute Gasteiger partial charge is 0.143 e. The number of ether oxygens (including phenoxy) is 1. The highest BCUT2D eigenvalue weighted by molar-refractivity contribution is 5.73. The summed E-state index contributed by atoms with van der Waals surface area (Å²) in [7, 11) is 1.58. The molecule has 0 saturated carbocycles. The van der Waals surface area contributed by atoms with E-state index in [1.165, 1.54) is 0 Å². The lowest BCUT2D eigenvalue weighted by molar-refractivity contribution is 0.416. The maximum atomic E-state index is 9.18. The largest absolute Gasteiger partial charge is 0.495 e. The number of benzene rings is 1. The minimum Gasteiger partial charge on any atom is -0.495 e. The summed E-state index contributed by atoms with van der Waals surface area (Å²) in [5.41, 5.74) is 2.04. The van der Waals surface area contributed by atoms with Crippen molar-refractivity contribution in [2.45, 2.75) is 6.92 Å². The molecule has 20 heavy (non-hydrogen) atoms. The Kier molecular flexibility index (Phi) is 4.40. The highest BCUT2D eigenvalue weighted by Crippen LogP contribution is 2.31. The molecule has 0 bridgehead atoms. The van der Waals surface area contributed by atoms with Crippen molar-refractivity contribution in [3.8, 4) is 11.8 Å². The standard InChI is InChI=1S/C15H16N4O/c1-3-17-14-9-12(7-8-18-14)19-15-11(10-16)5-4-6-13(15)20-2/h4-9H,3H2,1-2H3,(H2,17,18,19). The zero-order valence-electron chi connectivity index (χ0n) is 11.5. The zero-order valence-corrected chi connectivity index (χ0v) is 11.5. The normalized spacial score (nSPS) is 9.65. The lowest BCUT2D eigenvalue weighted by atomic mass is 10.1. The second-order valence-corrected chi connectivity index (χ2v) is 4.08. The first-order valence-electron chi connectivity index (χ1n) is 6.32. The topological polar surface area (TPSA) is 70.0 Å². The quantitative estimate of drug-likeness (QED) is 0.871. The van der Waals surface area contributed by atoms with Crippen molar-refractivity contribution in [2.75, 3.05) is 24.3 Å². The molecule has 2 aromatic rings. The van der Waals surface area contributed by atoms with Gasteiger partial charge < -0.3 is 15.4 Å². The Morgan fingerprint density at radius 2 is 2.20 bits per heavy atom. The first-order valence-corrected chi connectivity index (χ1v) is 6.32. The molecule has 0 radical (unpaired) electrons. The summed E-state index contributed by atoms with van der Waals surface area (Å²) in [6.07, 6.45) is 1.71. The number of nitriles is 1. The van der Waals surface area contributed by atoms with E-state index < -0.39 is 0 Å². The number of pyridine rings is 1. The number of hydrogen-bond donors (Lipinski definition) is 2. The van der Waals surface area contributed by atoms with Gasteiger partial charge in [-0.05, 0) is 25.1 Å². The van der Waals surface area contributed by atoms with E-state index in [0.717, 1.165) is 18.1 Å². The molecule has 0 aliphatic rings. The predicted octanol–water partition coefficient (Wildman–Crippen LogP) is 3.14. The summed E-state index contributed by atoms with van der Waals surface area (Å²) in [6.45, 7) is 2.81. The van der Waals surface area contributed by atoms with Crippen LogP contribution < -0.4 is 15.4 Å². The van der Waals surface area contributed by atoms with Gasteiger partial charge in [0.25, 0.3) is 0 Å². The van der Waals surface area contributed by atoms with Crippen molar-refractivity contribution in [1.82, 2.24) is 4.98 Å². The molecule has 0 spiro atoms. The number of anilines is 3. The average molecular weight is 268 g/mol. The fourth-order valence-electron chi connectivity index (χ4n) is 1.85. The fraction of sp³-hybridized carbons (Fsp3) is 0.200. The minimum atomic E-state index is 0.533. The van der Waals surface area contributed by atoms with Crippen molar-refractivity contribution in [1.29, 1.82) is 5.26 Å². The number of nitrogens with zero attached hydrogens (tertiary/aromatic N) is 2. The van der Waals surface area contributed by atoms with Gasteiger partial charge in [-0.15, -0.1) is 0 Å². The van der Waals surface area contributed by atoms with Crippen LogP contribution >= 0.6 is 0 Å². The fourth-order valence-corrected chi connectivity index (χ4v) is 1.85. The number of rotatable bonds is 5. The van der Waals surface area contributed by atoms with Crippen LogP contribution in [0.2, 0.25) is 0 Å². The van der Waals surface area contributed by atoms with E-state index in [-0.39, 0.29) is 0 Å². The van der Waals surface area contributed by atoms with Crippen molar-refractivity contribution in [3.63, 3.8) is 0 Å². The van der Waals surface area contributed by atoms with Crippen LogP contribution in [0.1, 0.15) is 12.5 Å². The summed E-state index contributed by atoms with van der Waals surface area (Å²) in [6, 6.07) is 11.2. The Bertz CT molecular complexity index is 634. The summed E-state index contributed by atoms with van der Waals surface area (Å²) < 4.78 is 5.29. The van der Waals surface area contributed by atoms with Crippen LogP contribution in [0, 0.1) is 11.3 Å². The molecule has 102 valence electrons. The van der Waals surface area contributed by atoms with Gasteiger partial charge in [0.1, 0.15) is 17.6 Å². The minimum absolute atomic E-state index is 0.533. The van der Waals surface area contributed by atoms with Crippen LogP contribution in [0.3, 0.4) is 0 Å². The molecule has 2 rings (SSSR count). The molecule has 0 aliphatic carbocycles. The van der Waals surface area contributed by atoms with Crippen LogP contribution in [0.5, 0.6) is 5.75 Å². The van der Waals surface area contributed by atoms with Gasteiger partial charge in [-0.2, -0.15) is 5.26 Å². The van der Waals surface area contributed by atoms with Crippen LogP contribution in [-0.4, -0.2) is 18.6 Å². The number of hydrogen-bond acceptors (Lipinski definition) is 5. The van der Waals surface area contributed by atoms with Crippen molar-refractivity contribution >= 4 is 17.2 Å². The zero-order chi connectivity index (χ0) is 14.4. The maximum absolute atomic E-state index is 9.18. The molecule has 1 aromatic carbocycles. The Labute approximate surface area is 118 Å². The van der Waals surface area contributed by atoms with E-state index in [1.807, 2.05) is 25.1 Å². The Morgan fingerprint density at radius 1 is 1.35 bits per heavy atom. The molecule has 2 N–H and O–H groups in total. The molecule has 1 heterocycles. The van der Waals surface area contributed by atoms with Crippen LogP contribution in [0.15, 0.2) is 36.5 Å². The number of methoxy groups -OCH3 is 1. The highest BCUT2D eigenvalue weighted by atomic mass is 16.5. The molecule has 0 saturated heterocycles. The van der Waals surface area contributed by atoms with E-state index in [2.05, 4.69) is 21.7 Å². The molecule has 0 atom stereocenters. The first kappa shape index (κ1) is 13.7. The summed E-state index contributed by atoms with van der Waals surface area (Å²) in [4.78, 5) is 4.21. The van der Waals surface area contributed by atoms with Crippen LogP contribution in [0.25, 0.3) is 0 Å². The molecule has 1 aromatic heterocycles. The highest BCUT2D eigenvalue weighted by Gasteiger charge is 2.09. The molecule has 0 aliphatic heterocycles. The Balaban J connectivity index is 2.34. The summed E-state index contributed by atoms with van der Waals surface area (Å²) >= 11 is 0. The first-order chi connectivity index (χ1) is 9.78. The van der Waals surface area contributed by atoms with Crippen LogP contribution in [-0.2, 0) is 0 Å².